The highest BCUT2D eigenvalue weighted by atomic mass is 16.5. The molecule has 0 saturated carbocycles. The standard InChI is InChI=1S/C11H17NO3/c1-8-4-10(6-13)5-11(12-8)15-9(2)7-14-3/h4-5,9,13H,6-7H2,1-3H3. The number of rotatable bonds is 5. The number of hydrogen-bond donors (Lipinski definition) is 1. The first kappa shape index (κ1) is 11.9. The first-order valence-electron chi connectivity index (χ1n) is 4.89. The Hall–Kier alpha value is -1.13. The maximum atomic E-state index is 9.02. The molecule has 0 amide bonds. The smallest absolute Gasteiger partial charge is 0.214 e. The van der Waals surface area contributed by atoms with Crippen LogP contribution in [0.25, 0.3) is 0 Å². The van der Waals surface area contributed by atoms with Crippen molar-refractivity contribution in [3.63, 3.8) is 0 Å². The lowest BCUT2D eigenvalue weighted by Crippen LogP contribution is -2.18. The molecule has 0 radical (unpaired) electrons. The van der Waals surface area contributed by atoms with Crippen molar-refractivity contribution in [1.82, 2.24) is 4.98 Å². The van der Waals surface area contributed by atoms with Crippen LogP contribution in [0.2, 0.25) is 0 Å². The summed E-state index contributed by atoms with van der Waals surface area (Å²) in [5.74, 6) is 0.531. The van der Waals surface area contributed by atoms with Gasteiger partial charge >= 0.3 is 0 Å². The van der Waals surface area contributed by atoms with Gasteiger partial charge in [-0.2, -0.15) is 0 Å². The minimum atomic E-state index is -0.0455. The summed E-state index contributed by atoms with van der Waals surface area (Å²) < 4.78 is 10.5. The van der Waals surface area contributed by atoms with Gasteiger partial charge in [-0.25, -0.2) is 4.98 Å². The van der Waals surface area contributed by atoms with Gasteiger partial charge in [-0.1, -0.05) is 0 Å². The highest BCUT2D eigenvalue weighted by Crippen LogP contribution is 2.13. The lowest BCUT2D eigenvalue weighted by Gasteiger charge is -2.13. The average molecular weight is 211 g/mol. The largest absolute Gasteiger partial charge is 0.472 e. The third-order valence-corrected chi connectivity index (χ3v) is 1.90. The highest BCUT2D eigenvalue weighted by molar-refractivity contribution is 5.24. The van der Waals surface area contributed by atoms with E-state index in [1.165, 1.54) is 0 Å². The number of methoxy groups -OCH3 is 1. The molecular weight excluding hydrogens is 194 g/mol. The molecule has 1 aromatic rings. The van der Waals surface area contributed by atoms with Gasteiger partial charge in [0.1, 0.15) is 6.10 Å². The molecule has 0 fully saturated rings. The Kier molecular flexibility index (Phi) is 4.52. The summed E-state index contributed by atoms with van der Waals surface area (Å²) in [5, 5.41) is 9.02. The number of pyridine rings is 1. The number of ether oxygens (including phenoxy) is 2. The maximum absolute atomic E-state index is 9.02. The summed E-state index contributed by atoms with van der Waals surface area (Å²) in [7, 11) is 1.63. The Morgan fingerprint density at radius 2 is 2.20 bits per heavy atom. The fourth-order valence-corrected chi connectivity index (χ4v) is 1.33. The number of nitrogens with zero attached hydrogens (tertiary/aromatic N) is 1. The molecule has 1 atom stereocenters. The van der Waals surface area contributed by atoms with Gasteiger partial charge in [-0.05, 0) is 25.5 Å². The molecular formula is C11H17NO3. The van der Waals surface area contributed by atoms with Crippen LogP contribution in [0.1, 0.15) is 18.2 Å². The van der Waals surface area contributed by atoms with Gasteiger partial charge in [0.25, 0.3) is 0 Å². The van der Waals surface area contributed by atoms with Gasteiger partial charge < -0.3 is 14.6 Å². The zero-order valence-electron chi connectivity index (χ0n) is 9.36. The van der Waals surface area contributed by atoms with E-state index >= 15 is 0 Å². The van der Waals surface area contributed by atoms with E-state index in [9.17, 15) is 0 Å². The normalized spacial score (nSPS) is 12.5. The van der Waals surface area contributed by atoms with Crippen molar-refractivity contribution in [3.05, 3.63) is 23.4 Å². The van der Waals surface area contributed by atoms with Crippen LogP contribution in [-0.4, -0.2) is 29.9 Å². The number of hydrogen-bond acceptors (Lipinski definition) is 4. The first-order valence-corrected chi connectivity index (χ1v) is 4.89. The molecule has 1 aromatic heterocycles. The van der Waals surface area contributed by atoms with Crippen LogP contribution in [0.4, 0.5) is 0 Å². The molecule has 4 nitrogen and oxygen atoms in total. The van der Waals surface area contributed by atoms with Gasteiger partial charge in [0.05, 0.1) is 13.2 Å². The van der Waals surface area contributed by atoms with Crippen molar-refractivity contribution in [2.24, 2.45) is 0 Å². The average Bonchev–Trinajstić information content (AvgIpc) is 2.17. The van der Waals surface area contributed by atoms with Crippen molar-refractivity contribution in [2.45, 2.75) is 26.6 Å². The molecule has 84 valence electrons. The zero-order chi connectivity index (χ0) is 11.3. The minimum Gasteiger partial charge on any atom is -0.472 e. The molecule has 0 aliphatic carbocycles. The summed E-state index contributed by atoms with van der Waals surface area (Å²) in [6, 6.07) is 3.56. The molecule has 1 N–H and O–H groups in total. The summed E-state index contributed by atoms with van der Waals surface area (Å²) in [6.45, 7) is 4.29. The van der Waals surface area contributed by atoms with Crippen LogP contribution in [-0.2, 0) is 11.3 Å². The van der Waals surface area contributed by atoms with Crippen molar-refractivity contribution in [3.8, 4) is 5.88 Å². The van der Waals surface area contributed by atoms with Gasteiger partial charge in [-0.3, -0.25) is 0 Å². The Labute approximate surface area is 89.9 Å². The number of aryl methyl sites for hydroxylation is 1. The van der Waals surface area contributed by atoms with E-state index in [1.807, 2.05) is 19.9 Å². The number of aliphatic hydroxyl groups excluding tert-OH is 1. The van der Waals surface area contributed by atoms with Crippen LogP contribution < -0.4 is 4.74 Å². The molecule has 15 heavy (non-hydrogen) atoms. The van der Waals surface area contributed by atoms with Gasteiger partial charge in [0.15, 0.2) is 0 Å². The molecule has 0 aromatic carbocycles. The van der Waals surface area contributed by atoms with E-state index in [4.69, 9.17) is 14.6 Å². The summed E-state index contributed by atoms with van der Waals surface area (Å²) in [6.07, 6.45) is -0.0455. The van der Waals surface area contributed by atoms with E-state index in [-0.39, 0.29) is 12.7 Å². The summed E-state index contributed by atoms with van der Waals surface area (Å²) in [4.78, 5) is 4.22. The monoisotopic (exact) mass is 211 g/mol. The van der Waals surface area contributed by atoms with Crippen molar-refractivity contribution in [1.29, 1.82) is 0 Å². The van der Waals surface area contributed by atoms with Crippen LogP contribution in [0.15, 0.2) is 12.1 Å². The lowest BCUT2D eigenvalue weighted by atomic mass is 10.2. The predicted molar refractivity (Wildman–Crippen MR) is 56.9 cm³/mol. The number of aliphatic hydroxyl groups is 1. The van der Waals surface area contributed by atoms with Gasteiger partial charge in [0, 0.05) is 18.9 Å². The second-order valence-corrected chi connectivity index (χ2v) is 3.50. The fraction of sp³-hybridized carbons (Fsp3) is 0.545. The molecule has 0 aliphatic heterocycles. The summed E-state index contributed by atoms with van der Waals surface area (Å²) in [5.41, 5.74) is 1.64. The Balaban J connectivity index is 2.71. The third-order valence-electron chi connectivity index (χ3n) is 1.90. The predicted octanol–water partition coefficient (Wildman–Crippen LogP) is 1.30. The van der Waals surface area contributed by atoms with E-state index in [2.05, 4.69) is 4.98 Å². The minimum absolute atomic E-state index is 0.00161. The van der Waals surface area contributed by atoms with Crippen molar-refractivity contribution < 1.29 is 14.6 Å². The fourth-order valence-electron chi connectivity index (χ4n) is 1.33. The quantitative estimate of drug-likeness (QED) is 0.797. The van der Waals surface area contributed by atoms with Crippen LogP contribution >= 0.6 is 0 Å². The first-order chi connectivity index (χ1) is 7.15. The third kappa shape index (κ3) is 3.85. The van der Waals surface area contributed by atoms with Gasteiger partial charge in [-0.15, -0.1) is 0 Å². The van der Waals surface area contributed by atoms with E-state index < -0.39 is 0 Å². The maximum Gasteiger partial charge on any atom is 0.214 e. The molecule has 4 heteroatoms. The molecule has 1 rings (SSSR count). The van der Waals surface area contributed by atoms with E-state index in [0.29, 0.717) is 12.5 Å². The van der Waals surface area contributed by atoms with Crippen LogP contribution in [0.5, 0.6) is 5.88 Å². The Bertz CT molecular complexity index is 315. The Morgan fingerprint density at radius 3 is 2.80 bits per heavy atom. The van der Waals surface area contributed by atoms with Crippen LogP contribution in [0.3, 0.4) is 0 Å². The SMILES string of the molecule is COCC(C)Oc1cc(CO)cc(C)n1. The Morgan fingerprint density at radius 1 is 1.47 bits per heavy atom. The molecule has 0 spiro atoms. The molecule has 1 heterocycles. The van der Waals surface area contributed by atoms with Crippen LogP contribution in [0, 0.1) is 6.92 Å². The van der Waals surface area contributed by atoms with Crippen molar-refractivity contribution in [2.75, 3.05) is 13.7 Å². The zero-order valence-corrected chi connectivity index (χ0v) is 9.36. The second kappa shape index (κ2) is 5.68. The molecule has 1 unspecified atom stereocenters. The topological polar surface area (TPSA) is 51.6 Å². The lowest BCUT2D eigenvalue weighted by molar-refractivity contribution is 0.0887. The highest BCUT2D eigenvalue weighted by Gasteiger charge is 2.06. The second-order valence-electron chi connectivity index (χ2n) is 3.50. The van der Waals surface area contributed by atoms with Gasteiger partial charge in [0.2, 0.25) is 5.88 Å². The number of aromatic nitrogens is 1. The summed E-state index contributed by atoms with van der Waals surface area (Å²) >= 11 is 0. The molecule has 0 aliphatic rings. The van der Waals surface area contributed by atoms with E-state index in [0.717, 1.165) is 11.3 Å². The molecule has 0 saturated heterocycles. The van der Waals surface area contributed by atoms with Crippen molar-refractivity contribution >= 4 is 0 Å². The van der Waals surface area contributed by atoms with E-state index in [1.54, 1.807) is 13.2 Å². The molecule has 0 bridgehead atoms.